The molecule has 0 aromatic carbocycles. The van der Waals surface area contributed by atoms with Crippen LogP contribution in [0.5, 0.6) is 0 Å². The lowest BCUT2D eigenvalue weighted by atomic mass is 9.96. The summed E-state index contributed by atoms with van der Waals surface area (Å²) in [6.45, 7) is 1.56. The first kappa shape index (κ1) is 74.7. The summed E-state index contributed by atoms with van der Waals surface area (Å²) < 4.78 is 34.1. The van der Waals surface area contributed by atoms with Crippen LogP contribution in [0, 0.1) is 0 Å². The maximum absolute atomic E-state index is 13.3. The fourth-order valence-corrected chi connectivity index (χ4v) is 10.5. The zero-order valence-electron chi connectivity index (χ0n) is 50.4. The fraction of sp³-hybridized carbons (Fsp3) is 0.828. The van der Waals surface area contributed by atoms with Crippen LogP contribution in [0.25, 0.3) is 0 Å². The van der Waals surface area contributed by atoms with E-state index in [1.165, 1.54) is 122 Å². The number of ether oxygens (including phenoxy) is 6. The summed E-state index contributed by atoms with van der Waals surface area (Å²) in [5.41, 5.74) is 0. The van der Waals surface area contributed by atoms with Crippen LogP contribution in [0.3, 0.4) is 0 Å². The third-order valence-electron chi connectivity index (χ3n) is 15.8. The van der Waals surface area contributed by atoms with Gasteiger partial charge >= 0.3 is 0 Å². The van der Waals surface area contributed by atoms with E-state index in [1.807, 2.05) is 6.08 Å². The van der Waals surface area contributed by atoms with Crippen molar-refractivity contribution >= 4 is 5.91 Å². The number of hydrogen-bond donors (Lipinski definition) is 12. The van der Waals surface area contributed by atoms with Gasteiger partial charge in [-0.1, -0.05) is 197 Å². The van der Waals surface area contributed by atoms with Gasteiger partial charge in [0.05, 0.1) is 38.6 Å². The standard InChI is InChI=1S/C64H113NO18/c1-3-5-7-9-11-12-13-14-15-16-17-18-19-20-21-22-23-24-25-26-27-28-29-30-31-32-33-34-36-38-40-42-52(70)65-47(48(69)41-39-37-35-10-8-6-4-2)46-78-62-58(76)55(73)60(50(44-67)80-62)83-64-59(77)56(74)61(51(45-68)81-64)82-63-57(75)54(72)53(71)49(43-66)79-63/h8,10,13-14,16-17,19-20,39,41,47-51,53-64,66-69,71-77H,3-7,9,11-12,15,18,21-38,40,42-46H2,1-2H3,(H,65,70)/b10-8+,14-13-,17-16-,20-19-,41-39+. The number of carbonyl (C=O) groups excluding carboxylic acids is 1. The van der Waals surface area contributed by atoms with Gasteiger partial charge in [-0.05, 0) is 64.2 Å². The molecular formula is C64H113NO18. The second-order valence-electron chi connectivity index (χ2n) is 22.9. The van der Waals surface area contributed by atoms with Crippen molar-refractivity contribution in [3.63, 3.8) is 0 Å². The number of allylic oxidation sites excluding steroid dienone is 9. The van der Waals surface area contributed by atoms with Crippen molar-refractivity contribution in [1.29, 1.82) is 0 Å². The maximum atomic E-state index is 13.3. The number of nitrogens with one attached hydrogen (secondary N) is 1. The normalized spacial score (nSPS) is 29.8. The molecule has 0 radical (unpaired) electrons. The Balaban J connectivity index is 1.33. The molecule has 0 aromatic heterocycles. The van der Waals surface area contributed by atoms with E-state index < -0.39 is 124 Å². The van der Waals surface area contributed by atoms with Crippen LogP contribution in [0.2, 0.25) is 0 Å². The summed E-state index contributed by atoms with van der Waals surface area (Å²) in [5, 5.41) is 120. The van der Waals surface area contributed by atoms with Crippen LogP contribution in [-0.2, 0) is 33.2 Å². The van der Waals surface area contributed by atoms with E-state index in [9.17, 15) is 61.0 Å². The predicted molar refractivity (Wildman–Crippen MR) is 318 cm³/mol. The number of amides is 1. The zero-order chi connectivity index (χ0) is 60.5. The Labute approximate surface area is 496 Å². The largest absolute Gasteiger partial charge is 0.394 e. The number of aliphatic hydroxyl groups is 11. The Bertz CT molecular complexity index is 1750. The molecular weight excluding hydrogens is 1070 g/mol. The lowest BCUT2D eigenvalue weighted by Crippen LogP contribution is -2.66. The van der Waals surface area contributed by atoms with Crippen molar-refractivity contribution in [2.75, 3.05) is 26.4 Å². The van der Waals surface area contributed by atoms with Gasteiger partial charge in [-0.25, -0.2) is 0 Å². The molecule has 0 aromatic rings. The number of hydrogen-bond acceptors (Lipinski definition) is 18. The number of unbranched alkanes of at least 4 members (excludes halogenated alkanes) is 23. The third-order valence-corrected chi connectivity index (χ3v) is 15.8. The topological polar surface area (TPSA) is 307 Å². The molecule has 0 aliphatic carbocycles. The van der Waals surface area contributed by atoms with Crippen LogP contribution in [0.15, 0.2) is 60.8 Å². The van der Waals surface area contributed by atoms with Crippen LogP contribution < -0.4 is 5.32 Å². The SMILES string of the molecule is CCC/C=C/CC/C=C/C(O)C(COC1OC(CO)C(OC2OC(CO)C(OC3OC(CO)C(O)C(O)C3O)C(O)C2O)C(O)C1O)NC(=O)CCCCCCCCCCCCCCCCCC/C=C\C/C=C\C/C=C\CCCCCCC. The highest BCUT2D eigenvalue weighted by atomic mass is 16.8. The minimum absolute atomic E-state index is 0.233. The van der Waals surface area contributed by atoms with Crippen LogP contribution in [0.1, 0.15) is 206 Å². The third kappa shape index (κ3) is 29.8. The molecule has 19 heteroatoms. The zero-order valence-corrected chi connectivity index (χ0v) is 50.4. The van der Waals surface area contributed by atoms with Gasteiger partial charge in [0, 0.05) is 6.42 Å². The Morgan fingerprint density at radius 1 is 0.434 bits per heavy atom. The van der Waals surface area contributed by atoms with Gasteiger partial charge in [0.2, 0.25) is 5.91 Å². The van der Waals surface area contributed by atoms with Crippen molar-refractivity contribution in [1.82, 2.24) is 5.32 Å². The lowest BCUT2D eigenvalue weighted by Gasteiger charge is -2.48. The summed E-state index contributed by atoms with van der Waals surface area (Å²) in [5.74, 6) is -0.292. The van der Waals surface area contributed by atoms with Gasteiger partial charge < -0.3 is 89.9 Å². The molecule has 0 saturated carbocycles. The van der Waals surface area contributed by atoms with Gasteiger partial charge in [0.1, 0.15) is 73.2 Å². The maximum Gasteiger partial charge on any atom is 0.220 e. The molecule has 3 heterocycles. The van der Waals surface area contributed by atoms with Crippen LogP contribution in [-0.4, -0.2) is 193 Å². The average Bonchev–Trinajstić information content (AvgIpc) is 3.43. The van der Waals surface area contributed by atoms with Gasteiger partial charge in [-0.15, -0.1) is 0 Å². The minimum Gasteiger partial charge on any atom is -0.394 e. The smallest absolute Gasteiger partial charge is 0.220 e. The molecule has 0 spiro atoms. The van der Waals surface area contributed by atoms with E-state index >= 15 is 0 Å². The average molecular weight is 1180 g/mol. The number of aliphatic hydroxyl groups excluding tert-OH is 11. The summed E-state index contributed by atoms with van der Waals surface area (Å²) >= 11 is 0. The molecule has 3 rings (SSSR count). The van der Waals surface area contributed by atoms with E-state index in [4.69, 9.17) is 28.4 Å². The molecule has 12 N–H and O–H groups in total. The molecule has 3 aliphatic rings. The van der Waals surface area contributed by atoms with Crippen molar-refractivity contribution in [2.45, 2.75) is 311 Å². The summed E-state index contributed by atoms with van der Waals surface area (Å²) in [6.07, 6.45) is 28.5. The number of rotatable bonds is 47. The highest BCUT2D eigenvalue weighted by Crippen LogP contribution is 2.33. The Hall–Kier alpha value is -2.51. The van der Waals surface area contributed by atoms with E-state index in [-0.39, 0.29) is 18.9 Å². The molecule has 482 valence electrons. The molecule has 83 heavy (non-hydrogen) atoms. The van der Waals surface area contributed by atoms with Gasteiger partial charge in [0.25, 0.3) is 0 Å². The Kier molecular flexibility index (Phi) is 42.0. The molecule has 3 fully saturated rings. The van der Waals surface area contributed by atoms with Crippen molar-refractivity contribution in [2.24, 2.45) is 0 Å². The van der Waals surface area contributed by atoms with Gasteiger partial charge in [-0.3, -0.25) is 4.79 Å². The molecule has 19 nitrogen and oxygen atoms in total. The van der Waals surface area contributed by atoms with E-state index in [0.29, 0.717) is 12.8 Å². The second kappa shape index (κ2) is 46.6. The predicted octanol–water partition coefficient (Wildman–Crippen LogP) is 6.82. The van der Waals surface area contributed by atoms with E-state index in [0.717, 1.165) is 51.4 Å². The van der Waals surface area contributed by atoms with Crippen LogP contribution >= 0.6 is 0 Å². The highest BCUT2D eigenvalue weighted by Gasteiger charge is 2.53. The van der Waals surface area contributed by atoms with E-state index in [1.54, 1.807) is 6.08 Å². The minimum atomic E-state index is -1.98. The monoisotopic (exact) mass is 1180 g/mol. The van der Waals surface area contributed by atoms with Crippen LogP contribution in [0.4, 0.5) is 0 Å². The molecule has 3 aliphatic heterocycles. The van der Waals surface area contributed by atoms with Crippen molar-refractivity contribution in [3.05, 3.63) is 60.8 Å². The Morgan fingerprint density at radius 3 is 1.33 bits per heavy atom. The molecule has 3 saturated heterocycles. The Morgan fingerprint density at radius 2 is 0.831 bits per heavy atom. The van der Waals surface area contributed by atoms with Crippen molar-refractivity contribution in [3.8, 4) is 0 Å². The highest BCUT2D eigenvalue weighted by molar-refractivity contribution is 5.76. The summed E-state index contributed by atoms with van der Waals surface area (Å²) in [6, 6.07) is -0.988. The summed E-state index contributed by atoms with van der Waals surface area (Å²) in [4.78, 5) is 13.3. The lowest BCUT2D eigenvalue weighted by molar-refractivity contribution is -0.379. The molecule has 17 atom stereocenters. The fourth-order valence-electron chi connectivity index (χ4n) is 10.5. The van der Waals surface area contributed by atoms with Crippen molar-refractivity contribution < 1.29 is 89.4 Å². The molecule has 0 bridgehead atoms. The first-order valence-corrected chi connectivity index (χ1v) is 32.0. The van der Waals surface area contributed by atoms with Gasteiger partial charge in [0.15, 0.2) is 18.9 Å². The summed E-state index contributed by atoms with van der Waals surface area (Å²) in [7, 11) is 0. The second-order valence-corrected chi connectivity index (χ2v) is 22.9. The van der Waals surface area contributed by atoms with Gasteiger partial charge in [-0.2, -0.15) is 0 Å². The first-order valence-electron chi connectivity index (χ1n) is 32.0. The quantitative estimate of drug-likeness (QED) is 0.0220. The molecule has 1 amide bonds. The molecule has 17 unspecified atom stereocenters. The first-order chi connectivity index (χ1) is 40.3. The number of carbonyl (C=O) groups is 1. The van der Waals surface area contributed by atoms with E-state index in [2.05, 4.69) is 67.8 Å².